The number of nitrogens with one attached hydrogen (secondary N) is 3. The van der Waals surface area contributed by atoms with E-state index in [-0.39, 0.29) is 41.8 Å². The van der Waals surface area contributed by atoms with Crippen molar-refractivity contribution in [2.24, 2.45) is 0 Å². The van der Waals surface area contributed by atoms with E-state index in [1.165, 1.54) is 12.1 Å². The highest BCUT2D eigenvalue weighted by atomic mass is 32.2. The highest BCUT2D eigenvalue weighted by molar-refractivity contribution is 7.92. The maximum atomic E-state index is 16.0. The summed E-state index contributed by atoms with van der Waals surface area (Å²) in [6.07, 6.45) is 1.33. The van der Waals surface area contributed by atoms with E-state index in [4.69, 9.17) is 4.74 Å². The van der Waals surface area contributed by atoms with Crippen LogP contribution in [0.25, 0.3) is 10.8 Å². The largest absolute Gasteiger partial charge is 0.487 e. The molecule has 1 aliphatic heterocycles. The first-order valence-corrected chi connectivity index (χ1v) is 14.6. The van der Waals surface area contributed by atoms with Gasteiger partial charge in [0.15, 0.2) is 5.82 Å². The van der Waals surface area contributed by atoms with E-state index in [2.05, 4.69) is 10.0 Å². The summed E-state index contributed by atoms with van der Waals surface area (Å²) in [7, 11) is -7.60. The highest BCUT2D eigenvalue weighted by Crippen LogP contribution is 2.40. The Bertz CT molecular complexity index is 1560. The van der Waals surface area contributed by atoms with Crippen LogP contribution in [0.2, 0.25) is 0 Å². The molecule has 0 spiro atoms. The van der Waals surface area contributed by atoms with Gasteiger partial charge in [0, 0.05) is 24.2 Å². The molecule has 13 heteroatoms. The molecule has 0 bridgehead atoms. The van der Waals surface area contributed by atoms with Gasteiger partial charge in [-0.05, 0) is 42.0 Å². The number of anilines is 2. The van der Waals surface area contributed by atoms with Crippen molar-refractivity contribution in [1.82, 2.24) is 9.44 Å². The van der Waals surface area contributed by atoms with E-state index in [0.717, 1.165) is 5.56 Å². The van der Waals surface area contributed by atoms with Crippen LogP contribution in [0.15, 0.2) is 54.6 Å². The number of hydrogen-bond donors (Lipinski definition) is 3. The van der Waals surface area contributed by atoms with Crippen molar-refractivity contribution in [1.29, 1.82) is 0 Å². The van der Waals surface area contributed by atoms with Crippen molar-refractivity contribution in [2.75, 3.05) is 29.3 Å². The number of ether oxygens (including phenoxy) is 1. The summed E-state index contributed by atoms with van der Waals surface area (Å²) in [6, 6.07) is 15.5. The van der Waals surface area contributed by atoms with E-state index in [0.29, 0.717) is 28.2 Å². The quantitative estimate of drug-likeness (QED) is 0.331. The molecule has 0 radical (unpaired) electrons. The molecule has 2 fully saturated rings. The fraction of sp³-hybridized carbons (Fsp3) is 0.292. The van der Waals surface area contributed by atoms with Gasteiger partial charge in [0.2, 0.25) is 10.0 Å². The number of sulfonamides is 1. The van der Waals surface area contributed by atoms with Gasteiger partial charge in [-0.1, -0.05) is 36.4 Å². The number of carbonyl (C=O) groups excluding carboxylic acids is 1. The molecule has 37 heavy (non-hydrogen) atoms. The van der Waals surface area contributed by atoms with Crippen LogP contribution in [0, 0.1) is 5.82 Å². The molecule has 1 saturated carbocycles. The number of nitrogens with zero attached hydrogens (tertiary/aromatic N) is 1. The zero-order chi connectivity index (χ0) is 26.2. The van der Waals surface area contributed by atoms with Crippen LogP contribution >= 0.6 is 0 Å². The van der Waals surface area contributed by atoms with Crippen LogP contribution < -0.4 is 23.8 Å². The molecule has 196 valence electrons. The van der Waals surface area contributed by atoms with Crippen LogP contribution in [-0.2, 0) is 31.6 Å². The molecule has 0 aromatic heterocycles. The first-order chi connectivity index (χ1) is 17.6. The second-order valence-corrected chi connectivity index (χ2v) is 12.5. The normalized spacial score (nSPS) is 17.1. The van der Waals surface area contributed by atoms with Crippen molar-refractivity contribution in [3.8, 4) is 5.75 Å². The fourth-order valence-corrected chi connectivity index (χ4v) is 6.59. The molecule has 0 unspecified atom stereocenters. The minimum atomic E-state index is -4.30. The molecular formula is C24H25FN4O6S2. The third-order valence-electron chi connectivity index (χ3n) is 6.04. The smallest absolute Gasteiger partial charge is 0.326 e. The Morgan fingerprint density at radius 3 is 2.51 bits per heavy atom. The van der Waals surface area contributed by atoms with Crippen molar-refractivity contribution in [2.45, 2.75) is 24.7 Å². The maximum Gasteiger partial charge on any atom is 0.326 e. The van der Waals surface area contributed by atoms with Crippen LogP contribution in [-0.4, -0.2) is 47.6 Å². The predicted molar refractivity (Wildman–Crippen MR) is 138 cm³/mol. The van der Waals surface area contributed by atoms with Crippen LogP contribution in [0.4, 0.5) is 15.8 Å². The van der Waals surface area contributed by atoms with E-state index in [1.807, 2.05) is 35.1 Å². The number of halogens is 1. The van der Waals surface area contributed by atoms with Crippen LogP contribution in [0.5, 0.6) is 5.75 Å². The average molecular weight is 549 g/mol. The summed E-state index contributed by atoms with van der Waals surface area (Å²) in [5, 5.41) is 3.30. The Hall–Kier alpha value is -3.42. The van der Waals surface area contributed by atoms with Gasteiger partial charge in [0.25, 0.3) is 5.91 Å². The number of benzene rings is 3. The van der Waals surface area contributed by atoms with Gasteiger partial charge in [-0.15, -0.1) is 0 Å². The second-order valence-electron chi connectivity index (χ2n) is 8.85. The predicted octanol–water partition coefficient (Wildman–Crippen LogP) is 2.23. The topological polar surface area (TPSA) is 134 Å². The fourth-order valence-electron chi connectivity index (χ4n) is 4.05. The lowest BCUT2D eigenvalue weighted by molar-refractivity contribution is -0.117. The molecule has 1 aliphatic carbocycles. The molecule has 0 atom stereocenters. The molecule has 10 nitrogen and oxygen atoms in total. The number of fused-ring (bicyclic) bond motifs is 1. The molecule has 1 heterocycles. The van der Waals surface area contributed by atoms with Crippen molar-refractivity contribution in [3.63, 3.8) is 0 Å². The summed E-state index contributed by atoms with van der Waals surface area (Å²) >= 11 is 0. The van der Waals surface area contributed by atoms with Crippen molar-refractivity contribution < 1.29 is 30.8 Å². The minimum absolute atomic E-state index is 0.0240. The number of amides is 1. The summed E-state index contributed by atoms with van der Waals surface area (Å²) in [4.78, 5) is 11.9. The molecule has 3 aromatic carbocycles. The first-order valence-electron chi connectivity index (χ1n) is 11.6. The molecule has 1 amide bonds. The summed E-state index contributed by atoms with van der Waals surface area (Å²) in [6.45, 7) is -0.0875. The lowest BCUT2D eigenvalue weighted by atomic mass is 10.1. The van der Waals surface area contributed by atoms with Gasteiger partial charge in [0.1, 0.15) is 24.6 Å². The van der Waals surface area contributed by atoms with E-state index >= 15 is 4.39 Å². The second kappa shape index (κ2) is 9.80. The Balaban J connectivity index is 1.44. The SMILES string of the molecule is O=C1CN(c2c(OCc3ccccc3)cc3ccc(NCCNS(=O)(=O)C4CC4)cc3c2F)S(=O)(=O)N1. The van der Waals surface area contributed by atoms with Crippen LogP contribution in [0.3, 0.4) is 0 Å². The lowest BCUT2D eigenvalue weighted by Crippen LogP contribution is -2.31. The molecular weight excluding hydrogens is 523 g/mol. The Morgan fingerprint density at radius 1 is 1.08 bits per heavy atom. The Kier molecular flexibility index (Phi) is 6.68. The van der Waals surface area contributed by atoms with Gasteiger partial charge >= 0.3 is 10.2 Å². The Labute approximate surface area is 214 Å². The summed E-state index contributed by atoms with van der Waals surface area (Å²) in [5.74, 6) is -1.67. The van der Waals surface area contributed by atoms with E-state index in [1.54, 1.807) is 12.1 Å². The third kappa shape index (κ3) is 5.48. The van der Waals surface area contributed by atoms with Crippen molar-refractivity contribution in [3.05, 3.63) is 66.0 Å². The van der Waals surface area contributed by atoms with Crippen LogP contribution in [0.1, 0.15) is 18.4 Å². The van der Waals surface area contributed by atoms with Gasteiger partial charge in [-0.25, -0.2) is 26.6 Å². The zero-order valence-corrected chi connectivity index (χ0v) is 21.2. The summed E-state index contributed by atoms with van der Waals surface area (Å²) in [5.41, 5.74) is 0.944. The molecule has 1 saturated heterocycles. The highest BCUT2D eigenvalue weighted by Gasteiger charge is 2.38. The first kappa shape index (κ1) is 25.2. The zero-order valence-electron chi connectivity index (χ0n) is 19.6. The average Bonchev–Trinajstić information content (AvgIpc) is 3.68. The molecule has 2 aliphatic rings. The molecule has 3 aromatic rings. The van der Waals surface area contributed by atoms with Gasteiger partial charge in [0.05, 0.1) is 5.25 Å². The van der Waals surface area contributed by atoms with Gasteiger partial charge in [-0.3, -0.25) is 4.79 Å². The van der Waals surface area contributed by atoms with Gasteiger partial charge in [-0.2, -0.15) is 8.42 Å². The number of carbonyl (C=O) groups is 1. The molecule has 5 rings (SSSR count). The lowest BCUT2D eigenvalue weighted by Gasteiger charge is -2.21. The minimum Gasteiger partial charge on any atom is -0.487 e. The maximum absolute atomic E-state index is 16.0. The van der Waals surface area contributed by atoms with E-state index < -0.39 is 38.5 Å². The molecule has 3 N–H and O–H groups in total. The number of rotatable bonds is 10. The Morgan fingerprint density at radius 2 is 1.84 bits per heavy atom. The third-order valence-corrected chi connectivity index (χ3v) is 9.38. The number of hydrogen-bond acceptors (Lipinski definition) is 7. The van der Waals surface area contributed by atoms with Gasteiger partial charge < -0.3 is 10.1 Å². The van der Waals surface area contributed by atoms with E-state index in [9.17, 15) is 21.6 Å². The summed E-state index contributed by atoms with van der Waals surface area (Å²) < 4.78 is 75.9. The van der Waals surface area contributed by atoms with Crippen molar-refractivity contribution >= 4 is 48.3 Å². The standard InChI is InChI=1S/C24H25FN4O6S2/c25-23-20-13-18(26-10-11-27-36(31,32)19-8-9-19)7-6-17(20)12-21(35-15-16-4-2-1-3-5-16)24(23)29-14-22(30)28-37(29,33)34/h1-7,12-13,19,26-27H,8-11,14-15H2,(H,28,30). The monoisotopic (exact) mass is 548 g/mol.